The number of halogens is 1. The van der Waals surface area contributed by atoms with E-state index in [1.54, 1.807) is 6.07 Å². The summed E-state index contributed by atoms with van der Waals surface area (Å²) in [5, 5.41) is 9.76. The van der Waals surface area contributed by atoms with E-state index in [-0.39, 0.29) is 0 Å². The fourth-order valence-corrected chi connectivity index (χ4v) is 2.78. The van der Waals surface area contributed by atoms with Gasteiger partial charge in [-0.3, -0.25) is 0 Å². The lowest BCUT2D eigenvalue weighted by molar-refractivity contribution is 0.248. The Bertz CT molecular complexity index is 467. The van der Waals surface area contributed by atoms with Gasteiger partial charge >= 0.3 is 0 Å². The monoisotopic (exact) mass is 263 g/mol. The molecule has 0 spiro atoms. The number of nitriles is 1. The number of piperidine rings is 1. The van der Waals surface area contributed by atoms with Crippen LogP contribution in [0.4, 0.5) is 5.69 Å². The van der Waals surface area contributed by atoms with Gasteiger partial charge in [-0.05, 0) is 38.6 Å². The number of anilines is 1. The molecule has 1 heterocycles. The van der Waals surface area contributed by atoms with Crippen LogP contribution in [0.15, 0.2) is 18.2 Å². The summed E-state index contributed by atoms with van der Waals surface area (Å²) < 4.78 is 0. The van der Waals surface area contributed by atoms with Gasteiger partial charge in [0, 0.05) is 19.6 Å². The summed E-state index contributed by atoms with van der Waals surface area (Å²) in [5.41, 5.74) is 1.51. The summed E-state index contributed by atoms with van der Waals surface area (Å²) >= 11 is 6.08. The molecule has 96 valence electrons. The van der Waals surface area contributed by atoms with E-state index in [0.717, 1.165) is 25.2 Å². The molecule has 0 radical (unpaired) electrons. The average molecular weight is 264 g/mol. The standard InChI is InChI=1S/C14H18ClN3/c1-17-8-4-5-11(10-17)18(2)14-7-3-6-13(15)12(14)9-16/h3,6-7,11H,4-5,8,10H2,1-2H3. The van der Waals surface area contributed by atoms with E-state index >= 15 is 0 Å². The molecular weight excluding hydrogens is 246 g/mol. The molecule has 1 aliphatic rings. The van der Waals surface area contributed by atoms with Gasteiger partial charge in [0.2, 0.25) is 0 Å². The maximum Gasteiger partial charge on any atom is 0.103 e. The van der Waals surface area contributed by atoms with Crippen LogP contribution in [0, 0.1) is 11.3 Å². The molecule has 4 heteroatoms. The third-order valence-corrected chi connectivity index (χ3v) is 3.95. The van der Waals surface area contributed by atoms with Gasteiger partial charge in [-0.25, -0.2) is 0 Å². The lowest BCUT2D eigenvalue weighted by atomic mass is 10.0. The van der Waals surface area contributed by atoms with Gasteiger partial charge in [0.25, 0.3) is 0 Å². The van der Waals surface area contributed by atoms with E-state index < -0.39 is 0 Å². The van der Waals surface area contributed by atoms with Crippen molar-refractivity contribution in [1.29, 1.82) is 5.26 Å². The summed E-state index contributed by atoms with van der Waals surface area (Å²) in [6.07, 6.45) is 2.37. The molecule has 1 atom stereocenters. The minimum absolute atomic E-state index is 0.453. The van der Waals surface area contributed by atoms with Gasteiger partial charge in [0.05, 0.1) is 16.3 Å². The highest BCUT2D eigenvalue weighted by atomic mass is 35.5. The number of nitrogens with zero attached hydrogens (tertiary/aromatic N) is 3. The van der Waals surface area contributed by atoms with Gasteiger partial charge in [0.1, 0.15) is 6.07 Å². The number of rotatable bonds is 2. The van der Waals surface area contributed by atoms with Crippen LogP contribution in [0.3, 0.4) is 0 Å². The topological polar surface area (TPSA) is 30.3 Å². The number of likely N-dealkylation sites (N-methyl/N-ethyl adjacent to an activating group) is 2. The van der Waals surface area contributed by atoms with Crippen LogP contribution in [-0.4, -0.2) is 38.1 Å². The Labute approximate surface area is 114 Å². The maximum atomic E-state index is 9.23. The summed E-state index contributed by atoms with van der Waals surface area (Å²) in [7, 11) is 4.19. The molecule has 18 heavy (non-hydrogen) atoms. The fraction of sp³-hybridized carbons (Fsp3) is 0.500. The molecule has 2 rings (SSSR count). The second-order valence-corrected chi connectivity index (χ2v) is 5.32. The van der Waals surface area contributed by atoms with Crippen molar-refractivity contribution >= 4 is 17.3 Å². The van der Waals surface area contributed by atoms with Crippen molar-refractivity contribution < 1.29 is 0 Å². The Morgan fingerprint density at radius 3 is 2.94 bits per heavy atom. The molecule has 1 fully saturated rings. The third kappa shape index (κ3) is 2.60. The molecule has 1 saturated heterocycles. The predicted octanol–water partition coefficient (Wildman–Crippen LogP) is 2.74. The van der Waals surface area contributed by atoms with Crippen molar-refractivity contribution in [1.82, 2.24) is 4.90 Å². The summed E-state index contributed by atoms with van der Waals surface area (Å²) in [6.45, 7) is 2.19. The van der Waals surface area contributed by atoms with Crippen LogP contribution < -0.4 is 4.90 Å². The van der Waals surface area contributed by atoms with E-state index in [1.807, 2.05) is 12.1 Å². The second-order valence-electron chi connectivity index (χ2n) is 4.91. The maximum absolute atomic E-state index is 9.23. The number of hydrogen-bond donors (Lipinski definition) is 0. The van der Waals surface area contributed by atoms with Crippen molar-refractivity contribution in [2.24, 2.45) is 0 Å². The molecule has 3 nitrogen and oxygen atoms in total. The Hall–Kier alpha value is -1.24. The van der Waals surface area contributed by atoms with Crippen molar-refractivity contribution in [2.75, 3.05) is 32.1 Å². The predicted molar refractivity (Wildman–Crippen MR) is 75.1 cm³/mol. The number of benzene rings is 1. The first-order valence-corrected chi connectivity index (χ1v) is 6.61. The molecule has 0 aromatic heterocycles. The largest absolute Gasteiger partial charge is 0.369 e. The molecule has 1 aliphatic heterocycles. The Morgan fingerprint density at radius 2 is 2.28 bits per heavy atom. The van der Waals surface area contributed by atoms with Gasteiger partial charge in [-0.15, -0.1) is 0 Å². The van der Waals surface area contributed by atoms with E-state index in [2.05, 4.69) is 30.0 Å². The van der Waals surface area contributed by atoms with E-state index in [0.29, 0.717) is 16.6 Å². The van der Waals surface area contributed by atoms with Gasteiger partial charge in [0.15, 0.2) is 0 Å². The minimum atomic E-state index is 0.453. The fourth-order valence-electron chi connectivity index (χ4n) is 2.57. The average Bonchev–Trinajstić information content (AvgIpc) is 2.37. The molecule has 1 aromatic carbocycles. The smallest absolute Gasteiger partial charge is 0.103 e. The normalized spacial score (nSPS) is 20.4. The number of likely N-dealkylation sites (tertiary alicyclic amines) is 1. The Morgan fingerprint density at radius 1 is 1.50 bits per heavy atom. The van der Waals surface area contributed by atoms with Crippen LogP contribution >= 0.6 is 11.6 Å². The first-order valence-electron chi connectivity index (χ1n) is 6.23. The number of hydrogen-bond acceptors (Lipinski definition) is 3. The Kier molecular flexibility index (Phi) is 4.11. The van der Waals surface area contributed by atoms with E-state index in [4.69, 9.17) is 11.6 Å². The van der Waals surface area contributed by atoms with Crippen molar-refractivity contribution in [3.63, 3.8) is 0 Å². The first kappa shape index (κ1) is 13.2. The van der Waals surface area contributed by atoms with E-state index in [1.165, 1.54) is 6.42 Å². The lowest BCUT2D eigenvalue weighted by Crippen LogP contribution is -2.45. The van der Waals surface area contributed by atoms with Crippen molar-refractivity contribution in [2.45, 2.75) is 18.9 Å². The van der Waals surface area contributed by atoms with Crippen LogP contribution in [-0.2, 0) is 0 Å². The molecule has 0 aliphatic carbocycles. The first-order chi connectivity index (χ1) is 8.63. The molecule has 0 N–H and O–H groups in total. The molecular formula is C14H18ClN3. The van der Waals surface area contributed by atoms with Gasteiger partial charge in [-0.2, -0.15) is 5.26 Å². The highest BCUT2D eigenvalue weighted by Gasteiger charge is 2.23. The quantitative estimate of drug-likeness (QED) is 0.822. The van der Waals surface area contributed by atoms with Crippen LogP contribution in [0.2, 0.25) is 5.02 Å². The van der Waals surface area contributed by atoms with Crippen LogP contribution in [0.1, 0.15) is 18.4 Å². The summed E-state index contributed by atoms with van der Waals surface area (Å²) in [4.78, 5) is 4.53. The molecule has 1 aromatic rings. The molecule has 0 amide bonds. The van der Waals surface area contributed by atoms with Gasteiger partial charge in [-0.1, -0.05) is 17.7 Å². The summed E-state index contributed by atoms with van der Waals surface area (Å²) in [6, 6.07) is 8.30. The van der Waals surface area contributed by atoms with Crippen molar-refractivity contribution in [3.05, 3.63) is 28.8 Å². The highest BCUT2D eigenvalue weighted by Crippen LogP contribution is 2.29. The minimum Gasteiger partial charge on any atom is -0.369 e. The van der Waals surface area contributed by atoms with Gasteiger partial charge < -0.3 is 9.80 Å². The summed E-state index contributed by atoms with van der Waals surface area (Å²) in [5.74, 6) is 0. The Balaban J connectivity index is 2.26. The molecule has 0 bridgehead atoms. The van der Waals surface area contributed by atoms with E-state index in [9.17, 15) is 5.26 Å². The zero-order chi connectivity index (χ0) is 13.1. The lowest BCUT2D eigenvalue weighted by Gasteiger charge is -2.37. The molecule has 0 saturated carbocycles. The second kappa shape index (κ2) is 5.60. The molecule has 1 unspecified atom stereocenters. The van der Waals surface area contributed by atoms with Crippen molar-refractivity contribution in [3.8, 4) is 6.07 Å². The van der Waals surface area contributed by atoms with Crippen LogP contribution in [0.25, 0.3) is 0 Å². The SMILES string of the molecule is CN1CCCC(N(C)c2cccc(Cl)c2C#N)C1. The third-order valence-electron chi connectivity index (χ3n) is 3.63. The zero-order valence-electron chi connectivity index (χ0n) is 10.9. The highest BCUT2D eigenvalue weighted by molar-refractivity contribution is 6.32. The zero-order valence-corrected chi connectivity index (χ0v) is 11.6. The van der Waals surface area contributed by atoms with Crippen LogP contribution in [0.5, 0.6) is 0 Å².